The molecule has 3 heteroatoms. The Kier molecular flexibility index (Phi) is 3.18. The topological polar surface area (TPSA) is 30.5 Å². The Morgan fingerprint density at radius 3 is 2.69 bits per heavy atom. The van der Waals surface area contributed by atoms with Crippen LogP contribution in [0.1, 0.15) is 38.5 Å². The molecule has 3 fully saturated rings. The van der Waals surface area contributed by atoms with Gasteiger partial charge < -0.3 is 14.8 Å². The number of ether oxygens (including phenoxy) is 2. The van der Waals surface area contributed by atoms with Gasteiger partial charge in [-0.05, 0) is 51.0 Å². The van der Waals surface area contributed by atoms with Crippen LogP contribution in [0.2, 0.25) is 0 Å². The summed E-state index contributed by atoms with van der Waals surface area (Å²) in [6.45, 7) is 3.97. The van der Waals surface area contributed by atoms with Gasteiger partial charge in [-0.15, -0.1) is 0 Å². The summed E-state index contributed by atoms with van der Waals surface area (Å²) >= 11 is 0. The third-order valence-corrected chi connectivity index (χ3v) is 4.60. The maximum Gasteiger partial charge on any atom is 0.0729 e. The smallest absolute Gasteiger partial charge is 0.0729 e. The highest BCUT2D eigenvalue weighted by Gasteiger charge is 2.41. The van der Waals surface area contributed by atoms with Gasteiger partial charge >= 0.3 is 0 Å². The molecule has 0 saturated carbocycles. The Bertz CT molecular complexity index is 227. The first-order valence-electron chi connectivity index (χ1n) is 6.83. The van der Waals surface area contributed by atoms with Crippen LogP contribution in [0.15, 0.2) is 0 Å². The first-order valence-corrected chi connectivity index (χ1v) is 6.83. The summed E-state index contributed by atoms with van der Waals surface area (Å²) < 4.78 is 11.6. The molecule has 0 radical (unpaired) electrons. The molecule has 16 heavy (non-hydrogen) atoms. The van der Waals surface area contributed by atoms with Crippen LogP contribution >= 0.6 is 0 Å². The molecule has 1 N–H and O–H groups in total. The average molecular weight is 225 g/mol. The van der Waals surface area contributed by atoms with Gasteiger partial charge in [0, 0.05) is 25.9 Å². The molecule has 0 aromatic rings. The van der Waals surface area contributed by atoms with Crippen molar-refractivity contribution in [2.75, 3.05) is 26.4 Å². The molecule has 1 spiro atoms. The van der Waals surface area contributed by atoms with E-state index in [1.54, 1.807) is 0 Å². The summed E-state index contributed by atoms with van der Waals surface area (Å²) in [6.07, 6.45) is 7.45. The van der Waals surface area contributed by atoms with E-state index in [9.17, 15) is 0 Å². The molecule has 3 rings (SSSR count). The van der Waals surface area contributed by atoms with Crippen molar-refractivity contribution in [2.45, 2.75) is 50.2 Å². The average Bonchev–Trinajstić information content (AvgIpc) is 2.83. The minimum atomic E-state index is 0.172. The maximum absolute atomic E-state index is 6.09. The van der Waals surface area contributed by atoms with Crippen molar-refractivity contribution in [3.8, 4) is 0 Å². The summed E-state index contributed by atoms with van der Waals surface area (Å²) in [5.41, 5.74) is 0.172. The first-order chi connectivity index (χ1) is 7.88. The molecule has 3 heterocycles. The molecule has 3 aliphatic rings. The van der Waals surface area contributed by atoms with E-state index in [1.165, 1.54) is 32.2 Å². The quantitative estimate of drug-likeness (QED) is 0.737. The minimum Gasteiger partial charge on any atom is -0.381 e. The van der Waals surface area contributed by atoms with Crippen molar-refractivity contribution >= 4 is 0 Å². The predicted octanol–water partition coefficient (Wildman–Crippen LogP) is 1.71. The van der Waals surface area contributed by atoms with E-state index >= 15 is 0 Å². The molecule has 0 amide bonds. The van der Waals surface area contributed by atoms with Gasteiger partial charge in [-0.3, -0.25) is 0 Å². The summed E-state index contributed by atoms with van der Waals surface area (Å²) in [4.78, 5) is 0. The third kappa shape index (κ3) is 2.13. The normalized spacial score (nSPS) is 39.0. The molecule has 0 aliphatic carbocycles. The Hall–Kier alpha value is -0.120. The zero-order valence-corrected chi connectivity index (χ0v) is 10.0. The van der Waals surface area contributed by atoms with E-state index < -0.39 is 0 Å². The Morgan fingerprint density at radius 1 is 1.06 bits per heavy atom. The highest BCUT2D eigenvalue weighted by atomic mass is 16.5. The fraction of sp³-hybridized carbons (Fsp3) is 1.00. The van der Waals surface area contributed by atoms with Gasteiger partial charge in [0.25, 0.3) is 0 Å². The van der Waals surface area contributed by atoms with Crippen molar-refractivity contribution in [1.82, 2.24) is 5.32 Å². The van der Waals surface area contributed by atoms with Crippen molar-refractivity contribution < 1.29 is 9.47 Å². The molecule has 0 aromatic carbocycles. The van der Waals surface area contributed by atoms with Crippen LogP contribution in [0.4, 0.5) is 0 Å². The van der Waals surface area contributed by atoms with Crippen LogP contribution in [-0.4, -0.2) is 38.0 Å². The number of nitrogens with one attached hydrogen (secondary N) is 1. The van der Waals surface area contributed by atoms with Crippen molar-refractivity contribution in [3.05, 3.63) is 0 Å². The fourth-order valence-corrected chi connectivity index (χ4v) is 3.61. The molecule has 3 saturated heterocycles. The maximum atomic E-state index is 6.09. The zero-order chi connectivity index (χ0) is 10.8. The van der Waals surface area contributed by atoms with E-state index in [0.717, 1.165) is 44.6 Å². The minimum absolute atomic E-state index is 0.172. The summed E-state index contributed by atoms with van der Waals surface area (Å²) in [5, 5.41) is 3.66. The van der Waals surface area contributed by atoms with Crippen molar-refractivity contribution in [2.24, 2.45) is 5.92 Å². The van der Waals surface area contributed by atoms with E-state index in [-0.39, 0.29) is 5.60 Å². The van der Waals surface area contributed by atoms with Crippen LogP contribution < -0.4 is 5.32 Å². The molecule has 92 valence electrons. The monoisotopic (exact) mass is 225 g/mol. The standard InChI is InChI=1S/C13H23NO2/c1-2-12(14-6-1)11-3-7-16-13(10-11)4-8-15-9-5-13/h11-12,14H,1-10H2. The van der Waals surface area contributed by atoms with E-state index in [0.29, 0.717) is 0 Å². The molecule has 0 aromatic heterocycles. The molecule has 3 aliphatic heterocycles. The largest absolute Gasteiger partial charge is 0.381 e. The lowest BCUT2D eigenvalue weighted by atomic mass is 9.77. The molecule has 2 unspecified atom stereocenters. The van der Waals surface area contributed by atoms with Gasteiger partial charge in [0.1, 0.15) is 0 Å². The molecule has 3 nitrogen and oxygen atoms in total. The van der Waals surface area contributed by atoms with Crippen LogP contribution in [0.25, 0.3) is 0 Å². The zero-order valence-electron chi connectivity index (χ0n) is 10.0. The lowest BCUT2D eigenvalue weighted by Crippen LogP contribution is -2.48. The SMILES string of the molecule is C1CNC(C2CCOC3(CCOCC3)C2)C1. The number of hydrogen-bond acceptors (Lipinski definition) is 3. The van der Waals surface area contributed by atoms with Crippen LogP contribution in [-0.2, 0) is 9.47 Å². The molecular weight excluding hydrogens is 202 g/mol. The Balaban J connectivity index is 1.64. The summed E-state index contributed by atoms with van der Waals surface area (Å²) in [5.74, 6) is 0.842. The van der Waals surface area contributed by atoms with E-state index in [1.807, 2.05) is 0 Å². The van der Waals surface area contributed by atoms with Gasteiger partial charge in [0.15, 0.2) is 0 Å². The second kappa shape index (κ2) is 4.63. The predicted molar refractivity (Wildman–Crippen MR) is 62.5 cm³/mol. The summed E-state index contributed by atoms with van der Waals surface area (Å²) in [7, 11) is 0. The number of hydrogen-bond donors (Lipinski definition) is 1. The molecule has 2 atom stereocenters. The Morgan fingerprint density at radius 2 is 1.94 bits per heavy atom. The lowest BCUT2D eigenvalue weighted by Gasteiger charge is -2.44. The van der Waals surface area contributed by atoms with Crippen molar-refractivity contribution in [1.29, 1.82) is 0 Å². The van der Waals surface area contributed by atoms with Gasteiger partial charge in [-0.2, -0.15) is 0 Å². The Labute approximate surface area is 97.9 Å². The highest BCUT2D eigenvalue weighted by molar-refractivity contribution is 4.93. The second-order valence-electron chi connectivity index (χ2n) is 5.60. The van der Waals surface area contributed by atoms with Crippen LogP contribution in [0.3, 0.4) is 0 Å². The van der Waals surface area contributed by atoms with E-state index in [4.69, 9.17) is 9.47 Å². The van der Waals surface area contributed by atoms with Gasteiger partial charge in [-0.1, -0.05) is 0 Å². The van der Waals surface area contributed by atoms with Gasteiger partial charge in [0.2, 0.25) is 0 Å². The fourth-order valence-electron chi connectivity index (χ4n) is 3.61. The van der Waals surface area contributed by atoms with Gasteiger partial charge in [0.05, 0.1) is 5.60 Å². The second-order valence-corrected chi connectivity index (χ2v) is 5.60. The van der Waals surface area contributed by atoms with Gasteiger partial charge in [-0.25, -0.2) is 0 Å². The third-order valence-electron chi connectivity index (χ3n) is 4.60. The van der Waals surface area contributed by atoms with Crippen LogP contribution in [0, 0.1) is 5.92 Å². The first kappa shape index (κ1) is 11.0. The highest BCUT2D eigenvalue weighted by Crippen LogP contribution is 2.39. The van der Waals surface area contributed by atoms with E-state index in [2.05, 4.69) is 5.32 Å². The lowest BCUT2D eigenvalue weighted by molar-refractivity contribution is -0.149. The molecule has 0 bridgehead atoms. The van der Waals surface area contributed by atoms with Crippen molar-refractivity contribution in [3.63, 3.8) is 0 Å². The molecular formula is C13H23NO2. The van der Waals surface area contributed by atoms with Crippen LogP contribution in [0.5, 0.6) is 0 Å². The number of rotatable bonds is 1. The summed E-state index contributed by atoms with van der Waals surface area (Å²) in [6, 6.07) is 0.767.